The number of carbonyl (C=O) groups is 2. The van der Waals surface area contributed by atoms with E-state index in [1.54, 1.807) is 4.90 Å². The summed E-state index contributed by atoms with van der Waals surface area (Å²) in [7, 11) is 0. The fourth-order valence-electron chi connectivity index (χ4n) is 5.84. The van der Waals surface area contributed by atoms with Gasteiger partial charge in [-0.2, -0.15) is 0 Å². The summed E-state index contributed by atoms with van der Waals surface area (Å²) in [5.74, 6) is 0.311. The van der Waals surface area contributed by atoms with E-state index in [0.717, 1.165) is 32.1 Å². The molecule has 3 aliphatic carbocycles. The molecule has 4 atom stereocenters. The maximum atomic E-state index is 13.4. The Bertz CT molecular complexity index is 574. The third-order valence-electron chi connectivity index (χ3n) is 6.86. The van der Waals surface area contributed by atoms with Crippen LogP contribution in [0.25, 0.3) is 0 Å². The number of allylic oxidation sites excluding steroid dienone is 3. The van der Waals surface area contributed by atoms with E-state index >= 15 is 0 Å². The summed E-state index contributed by atoms with van der Waals surface area (Å²) in [6.45, 7) is 6.05. The molecule has 4 unspecified atom stereocenters. The Morgan fingerprint density at radius 2 is 2.05 bits per heavy atom. The topological polar surface area (TPSA) is 37.4 Å². The van der Waals surface area contributed by atoms with Crippen molar-refractivity contribution in [1.29, 1.82) is 0 Å². The van der Waals surface area contributed by atoms with Gasteiger partial charge in [0.25, 0.3) is 0 Å². The van der Waals surface area contributed by atoms with Crippen LogP contribution >= 0.6 is 0 Å². The van der Waals surface area contributed by atoms with E-state index < -0.39 is 5.41 Å². The summed E-state index contributed by atoms with van der Waals surface area (Å²) in [6, 6.07) is 0.143. The molecule has 3 fully saturated rings. The summed E-state index contributed by atoms with van der Waals surface area (Å²) in [6.07, 6.45) is 13.3. The molecule has 0 spiro atoms. The molecule has 1 aliphatic heterocycles. The molecule has 2 saturated carbocycles. The number of likely N-dealkylation sites (tertiary alicyclic amines) is 1. The molecule has 2 amide bonds. The first kappa shape index (κ1) is 14.2. The van der Waals surface area contributed by atoms with Crippen molar-refractivity contribution < 1.29 is 9.59 Å². The van der Waals surface area contributed by atoms with Crippen LogP contribution in [-0.2, 0) is 9.59 Å². The van der Waals surface area contributed by atoms with Gasteiger partial charge in [0.15, 0.2) is 0 Å². The third-order valence-corrected chi connectivity index (χ3v) is 6.86. The molecule has 4 rings (SSSR count). The molecular weight excluding hydrogens is 274 g/mol. The first-order valence-corrected chi connectivity index (χ1v) is 8.73. The van der Waals surface area contributed by atoms with Crippen LogP contribution in [0.3, 0.4) is 0 Å². The van der Waals surface area contributed by atoms with Crippen molar-refractivity contribution in [3.05, 3.63) is 24.8 Å². The molecule has 118 valence electrons. The monoisotopic (exact) mass is 299 g/mol. The number of rotatable bonds is 3. The van der Waals surface area contributed by atoms with Crippen molar-refractivity contribution in [2.45, 2.75) is 57.9 Å². The first-order chi connectivity index (χ1) is 10.5. The maximum absolute atomic E-state index is 13.4. The maximum Gasteiger partial charge on any atom is 0.237 e. The highest BCUT2D eigenvalue weighted by Gasteiger charge is 2.73. The van der Waals surface area contributed by atoms with Gasteiger partial charge in [0.1, 0.15) is 0 Å². The van der Waals surface area contributed by atoms with Crippen LogP contribution < -0.4 is 0 Å². The van der Waals surface area contributed by atoms with Gasteiger partial charge in [-0.3, -0.25) is 14.5 Å². The van der Waals surface area contributed by atoms with Crippen molar-refractivity contribution in [3.8, 4) is 0 Å². The lowest BCUT2D eigenvalue weighted by Crippen LogP contribution is -2.47. The van der Waals surface area contributed by atoms with Crippen LogP contribution in [0, 0.1) is 22.7 Å². The second-order valence-electron chi connectivity index (χ2n) is 7.89. The molecule has 1 heterocycles. The molecule has 0 N–H and O–H groups in total. The van der Waals surface area contributed by atoms with Gasteiger partial charge in [-0.1, -0.05) is 44.4 Å². The van der Waals surface area contributed by atoms with E-state index in [-0.39, 0.29) is 35.1 Å². The summed E-state index contributed by atoms with van der Waals surface area (Å²) >= 11 is 0. The molecule has 4 aliphatic rings. The van der Waals surface area contributed by atoms with Gasteiger partial charge in [-0.15, -0.1) is 6.58 Å². The number of imide groups is 1. The van der Waals surface area contributed by atoms with Gasteiger partial charge >= 0.3 is 0 Å². The first-order valence-electron chi connectivity index (χ1n) is 8.73. The molecule has 0 aromatic rings. The number of hydrogen-bond acceptors (Lipinski definition) is 2. The van der Waals surface area contributed by atoms with Crippen LogP contribution in [0.4, 0.5) is 0 Å². The Morgan fingerprint density at radius 1 is 1.32 bits per heavy atom. The average Bonchev–Trinajstić information content (AvgIpc) is 3.08. The van der Waals surface area contributed by atoms with Crippen LogP contribution in [-0.4, -0.2) is 22.8 Å². The molecule has 3 heteroatoms. The molecule has 0 radical (unpaired) electrons. The summed E-state index contributed by atoms with van der Waals surface area (Å²) in [5.41, 5.74) is -0.727. The lowest BCUT2D eigenvalue weighted by atomic mass is 9.60. The molecule has 0 aromatic carbocycles. The van der Waals surface area contributed by atoms with E-state index in [4.69, 9.17) is 0 Å². The van der Waals surface area contributed by atoms with Gasteiger partial charge in [-0.05, 0) is 31.6 Å². The van der Waals surface area contributed by atoms with Gasteiger partial charge in [0.05, 0.1) is 11.3 Å². The number of carbonyl (C=O) groups excluding carboxylic acids is 2. The molecule has 2 bridgehead atoms. The van der Waals surface area contributed by atoms with E-state index in [2.05, 4.69) is 25.7 Å². The van der Waals surface area contributed by atoms with E-state index in [1.807, 2.05) is 6.08 Å². The van der Waals surface area contributed by atoms with Crippen molar-refractivity contribution in [2.24, 2.45) is 22.7 Å². The lowest BCUT2D eigenvalue weighted by Gasteiger charge is -2.40. The summed E-state index contributed by atoms with van der Waals surface area (Å²) < 4.78 is 0. The Hall–Kier alpha value is -1.38. The van der Waals surface area contributed by atoms with Gasteiger partial charge in [-0.25, -0.2) is 0 Å². The van der Waals surface area contributed by atoms with Gasteiger partial charge in [0.2, 0.25) is 11.8 Å². The third kappa shape index (κ3) is 1.47. The fraction of sp³-hybridized carbons (Fsp3) is 0.684. The summed E-state index contributed by atoms with van der Waals surface area (Å²) in [4.78, 5) is 28.3. The van der Waals surface area contributed by atoms with E-state index in [1.165, 1.54) is 6.42 Å². The van der Waals surface area contributed by atoms with Crippen LogP contribution in [0.5, 0.6) is 0 Å². The molecular formula is C19H25NO2. The number of fused-ring (bicyclic) bond motifs is 5. The molecule has 22 heavy (non-hydrogen) atoms. The highest BCUT2D eigenvalue weighted by atomic mass is 16.2. The normalized spacial score (nSPS) is 44.0. The molecule has 1 saturated heterocycles. The van der Waals surface area contributed by atoms with Crippen LogP contribution in [0.1, 0.15) is 51.9 Å². The predicted octanol–water partition coefficient (Wildman–Crippen LogP) is 3.46. The van der Waals surface area contributed by atoms with Crippen molar-refractivity contribution in [2.75, 3.05) is 0 Å². The van der Waals surface area contributed by atoms with Crippen molar-refractivity contribution in [1.82, 2.24) is 4.90 Å². The fourth-order valence-corrected chi connectivity index (χ4v) is 5.84. The highest BCUT2D eigenvalue weighted by molar-refractivity contribution is 6.09. The zero-order valence-electron chi connectivity index (χ0n) is 13.4. The lowest BCUT2D eigenvalue weighted by molar-refractivity contribution is -0.147. The Morgan fingerprint density at radius 3 is 2.73 bits per heavy atom. The Kier molecular flexibility index (Phi) is 2.95. The Balaban J connectivity index is 1.78. The van der Waals surface area contributed by atoms with Gasteiger partial charge in [0, 0.05) is 11.5 Å². The zero-order valence-corrected chi connectivity index (χ0v) is 13.4. The second kappa shape index (κ2) is 4.56. The van der Waals surface area contributed by atoms with Crippen LogP contribution in [0.2, 0.25) is 0 Å². The highest BCUT2D eigenvalue weighted by Crippen LogP contribution is 2.69. The zero-order chi connectivity index (χ0) is 15.5. The minimum absolute atomic E-state index is 0.101. The predicted molar refractivity (Wildman–Crippen MR) is 84.8 cm³/mol. The molecule has 0 aromatic heterocycles. The number of amides is 2. The van der Waals surface area contributed by atoms with Crippen molar-refractivity contribution >= 4 is 11.8 Å². The SMILES string of the molecule is C=CCC12C(=O)N(C3CCCCC3)C(=O)C1C1C=CC2(C)C1. The second-order valence-corrected chi connectivity index (χ2v) is 7.89. The smallest absolute Gasteiger partial charge is 0.237 e. The summed E-state index contributed by atoms with van der Waals surface area (Å²) in [5, 5.41) is 0. The molecule has 3 nitrogen and oxygen atoms in total. The van der Waals surface area contributed by atoms with Gasteiger partial charge < -0.3 is 0 Å². The Labute approximate surface area is 132 Å². The van der Waals surface area contributed by atoms with E-state index in [9.17, 15) is 9.59 Å². The standard InChI is InChI=1S/C19H25NO2/c1-3-10-19-15(13-9-11-18(19,2)12-13)16(21)20(17(19)22)14-7-5-4-6-8-14/h3,9,11,13-15H,1,4-8,10,12H2,2H3. The minimum Gasteiger partial charge on any atom is -0.279 e. The number of nitrogens with zero attached hydrogens (tertiary/aromatic N) is 1. The quantitative estimate of drug-likeness (QED) is 0.591. The largest absolute Gasteiger partial charge is 0.279 e. The average molecular weight is 299 g/mol. The van der Waals surface area contributed by atoms with E-state index in [0.29, 0.717) is 6.42 Å². The minimum atomic E-state index is -0.553. The van der Waals surface area contributed by atoms with Crippen LogP contribution in [0.15, 0.2) is 24.8 Å². The van der Waals surface area contributed by atoms with Crippen molar-refractivity contribution in [3.63, 3.8) is 0 Å². The number of hydrogen-bond donors (Lipinski definition) is 0.